The van der Waals surface area contributed by atoms with E-state index in [1.807, 2.05) is 38.4 Å². The lowest BCUT2D eigenvalue weighted by molar-refractivity contribution is -0.0664. The van der Waals surface area contributed by atoms with Crippen molar-refractivity contribution in [2.24, 2.45) is 5.92 Å². The number of nitrogens with zero attached hydrogens (tertiary/aromatic N) is 1. The first-order valence-electron chi connectivity index (χ1n) is 7.92. The van der Waals surface area contributed by atoms with E-state index in [1.165, 1.54) is 0 Å². The van der Waals surface area contributed by atoms with Crippen LogP contribution in [0.25, 0.3) is 10.9 Å². The Labute approximate surface area is 139 Å². The number of amides is 1. The van der Waals surface area contributed by atoms with Gasteiger partial charge in [0.05, 0.1) is 18.2 Å². The first-order chi connectivity index (χ1) is 11.0. The lowest BCUT2D eigenvalue weighted by atomic mass is 9.71. The van der Waals surface area contributed by atoms with Crippen LogP contribution < -0.4 is 5.32 Å². The van der Waals surface area contributed by atoms with E-state index in [-0.39, 0.29) is 24.1 Å². The molecular formula is C17H20ClN3O2. The fourth-order valence-corrected chi connectivity index (χ4v) is 4.12. The van der Waals surface area contributed by atoms with Crippen LogP contribution in [-0.2, 0) is 4.74 Å². The number of benzene rings is 1. The van der Waals surface area contributed by atoms with Crippen LogP contribution in [0.4, 0.5) is 0 Å². The van der Waals surface area contributed by atoms with Crippen LogP contribution in [0.2, 0.25) is 5.02 Å². The van der Waals surface area contributed by atoms with Gasteiger partial charge in [0.2, 0.25) is 0 Å². The van der Waals surface area contributed by atoms with Gasteiger partial charge >= 0.3 is 0 Å². The van der Waals surface area contributed by atoms with Crippen molar-refractivity contribution in [3.8, 4) is 0 Å². The SMILES string of the molecule is CN(C)[C@@H]1[C@@H](NC(=O)c2cc3cc(Cl)ccc3[nH]2)[C@H]2CCO[C@H]21. The number of aromatic amines is 1. The summed E-state index contributed by atoms with van der Waals surface area (Å²) in [6.07, 6.45) is 1.26. The van der Waals surface area contributed by atoms with Crippen LogP contribution in [0.1, 0.15) is 16.9 Å². The van der Waals surface area contributed by atoms with Gasteiger partial charge < -0.3 is 19.9 Å². The Hall–Kier alpha value is -1.56. The van der Waals surface area contributed by atoms with Gasteiger partial charge in [-0.3, -0.25) is 4.79 Å². The Kier molecular flexibility index (Phi) is 3.59. The second-order valence-corrected chi connectivity index (χ2v) is 7.09. The van der Waals surface area contributed by atoms with Gasteiger partial charge in [0.1, 0.15) is 5.69 Å². The molecule has 4 rings (SSSR count). The van der Waals surface area contributed by atoms with Gasteiger partial charge in [0, 0.05) is 28.5 Å². The van der Waals surface area contributed by atoms with Crippen molar-refractivity contribution in [1.29, 1.82) is 0 Å². The summed E-state index contributed by atoms with van der Waals surface area (Å²) in [5.74, 6) is 0.352. The standard InChI is InChI=1S/C17H20ClN3O2/c1-21(2)15-14(11-5-6-23-16(11)15)20-17(22)13-8-9-7-10(18)3-4-12(9)19-13/h3-4,7-8,11,14-16,19H,5-6H2,1-2H3,(H,20,22)/t11-,14+,15-,16-/m1/s1. The minimum absolute atomic E-state index is 0.0699. The summed E-state index contributed by atoms with van der Waals surface area (Å²) >= 11 is 6.00. The monoisotopic (exact) mass is 333 g/mol. The van der Waals surface area contributed by atoms with Gasteiger partial charge in [-0.15, -0.1) is 0 Å². The zero-order valence-electron chi connectivity index (χ0n) is 13.2. The Morgan fingerprint density at radius 2 is 2.22 bits per heavy atom. The second-order valence-electron chi connectivity index (χ2n) is 6.66. The number of hydrogen-bond acceptors (Lipinski definition) is 3. The molecule has 1 aromatic heterocycles. The molecule has 1 amide bonds. The normalized spacial score (nSPS) is 29.6. The fraction of sp³-hybridized carbons (Fsp3) is 0.471. The Bertz CT molecular complexity index is 757. The van der Waals surface area contributed by atoms with Crippen molar-refractivity contribution >= 4 is 28.4 Å². The minimum atomic E-state index is -0.0699. The minimum Gasteiger partial charge on any atom is -0.376 e. The molecule has 6 heteroatoms. The topological polar surface area (TPSA) is 57.4 Å². The summed E-state index contributed by atoms with van der Waals surface area (Å²) in [4.78, 5) is 17.9. The molecule has 0 radical (unpaired) electrons. The maximum Gasteiger partial charge on any atom is 0.268 e. The summed E-state index contributed by atoms with van der Waals surface area (Å²) in [7, 11) is 4.07. The summed E-state index contributed by atoms with van der Waals surface area (Å²) in [5, 5.41) is 4.80. The van der Waals surface area contributed by atoms with Crippen molar-refractivity contribution in [3.63, 3.8) is 0 Å². The molecule has 0 spiro atoms. The van der Waals surface area contributed by atoms with Crippen LogP contribution in [0.3, 0.4) is 0 Å². The smallest absolute Gasteiger partial charge is 0.268 e. The summed E-state index contributed by atoms with van der Waals surface area (Å²) in [6.45, 7) is 0.789. The van der Waals surface area contributed by atoms with Gasteiger partial charge in [-0.25, -0.2) is 0 Å². The number of halogens is 1. The van der Waals surface area contributed by atoms with E-state index in [0.717, 1.165) is 23.9 Å². The third-order valence-electron chi connectivity index (χ3n) is 5.07. The summed E-state index contributed by atoms with van der Waals surface area (Å²) in [5.41, 5.74) is 1.49. The number of likely N-dealkylation sites (N-methyl/N-ethyl adjacent to an activating group) is 1. The first kappa shape index (κ1) is 15.0. The van der Waals surface area contributed by atoms with Gasteiger partial charge in [0.15, 0.2) is 0 Å². The highest BCUT2D eigenvalue weighted by atomic mass is 35.5. The van der Waals surface area contributed by atoms with Crippen LogP contribution in [0.5, 0.6) is 0 Å². The highest BCUT2D eigenvalue weighted by Crippen LogP contribution is 2.41. The van der Waals surface area contributed by atoms with Crippen LogP contribution in [0, 0.1) is 5.92 Å². The van der Waals surface area contributed by atoms with E-state index in [2.05, 4.69) is 15.2 Å². The Balaban J connectivity index is 1.54. The van der Waals surface area contributed by atoms with Gasteiger partial charge in [0.25, 0.3) is 5.91 Å². The van der Waals surface area contributed by atoms with E-state index >= 15 is 0 Å². The molecule has 122 valence electrons. The highest BCUT2D eigenvalue weighted by Gasteiger charge is 2.55. The number of hydrogen-bond donors (Lipinski definition) is 2. The zero-order chi connectivity index (χ0) is 16.1. The fourth-order valence-electron chi connectivity index (χ4n) is 3.94. The largest absolute Gasteiger partial charge is 0.376 e. The number of carbonyl (C=O) groups excluding carboxylic acids is 1. The average molecular weight is 334 g/mol. The molecule has 2 fully saturated rings. The zero-order valence-corrected chi connectivity index (χ0v) is 13.9. The van der Waals surface area contributed by atoms with Crippen LogP contribution in [-0.4, -0.2) is 54.7 Å². The molecule has 1 aliphatic carbocycles. The molecule has 0 bridgehead atoms. The van der Waals surface area contributed by atoms with E-state index in [1.54, 1.807) is 0 Å². The van der Waals surface area contributed by atoms with Crippen molar-refractivity contribution in [2.45, 2.75) is 24.6 Å². The van der Waals surface area contributed by atoms with E-state index < -0.39 is 0 Å². The molecule has 1 aliphatic heterocycles. The van der Waals surface area contributed by atoms with Crippen molar-refractivity contribution < 1.29 is 9.53 Å². The predicted molar refractivity (Wildman–Crippen MR) is 89.9 cm³/mol. The number of nitrogens with one attached hydrogen (secondary N) is 2. The van der Waals surface area contributed by atoms with Crippen molar-refractivity contribution in [2.75, 3.05) is 20.7 Å². The molecule has 2 heterocycles. The molecule has 5 nitrogen and oxygen atoms in total. The predicted octanol–water partition coefficient (Wildman–Crippen LogP) is 2.27. The van der Waals surface area contributed by atoms with E-state index in [9.17, 15) is 4.79 Å². The maximum atomic E-state index is 12.6. The number of H-pyrrole nitrogens is 1. The Morgan fingerprint density at radius 3 is 3.00 bits per heavy atom. The van der Waals surface area contributed by atoms with Crippen LogP contribution >= 0.6 is 11.6 Å². The molecule has 2 N–H and O–H groups in total. The maximum absolute atomic E-state index is 12.6. The lowest BCUT2D eigenvalue weighted by Gasteiger charge is -2.50. The quantitative estimate of drug-likeness (QED) is 0.906. The molecule has 2 aromatic rings. The summed E-state index contributed by atoms with van der Waals surface area (Å²) < 4.78 is 5.79. The van der Waals surface area contributed by atoms with Gasteiger partial charge in [-0.05, 0) is 44.8 Å². The van der Waals surface area contributed by atoms with E-state index in [0.29, 0.717) is 16.6 Å². The summed E-state index contributed by atoms with van der Waals surface area (Å²) in [6, 6.07) is 7.79. The number of ether oxygens (including phenoxy) is 1. The molecule has 2 aliphatic rings. The number of fused-ring (bicyclic) bond motifs is 2. The van der Waals surface area contributed by atoms with Gasteiger partial charge in [-0.1, -0.05) is 11.6 Å². The molecule has 4 atom stereocenters. The first-order valence-corrected chi connectivity index (χ1v) is 8.29. The number of carbonyl (C=O) groups is 1. The molecule has 1 saturated carbocycles. The van der Waals surface area contributed by atoms with Crippen molar-refractivity contribution in [3.05, 3.63) is 35.0 Å². The van der Waals surface area contributed by atoms with E-state index in [4.69, 9.17) is 16.3 Å². The molecular weight excluding hydrogens is 314 g/mol. The second kappa shape index (κ2) is 5.51. The lowest BCUT2D eigenvalue weighted by Crippen LogP contribution is -2.69. The molecule has 1 aromatic carbocycles. The van der Waals surface area contributed by atoms with Crippen LogP contribution in [0.15, 0.2) is 24.3 Å². The third-order valence-corrected chi connectivity index (χ3v) is 5.31. The van der Waals surface area contributed by atoms with Crippen molar-refractivity contribution in [1.82, 2.24) is 15.2 Å². The highest BCUT2D eigenvalue weighted by molar-refractivity contribution is 6.31. The average Bonchev–Trinajstić information content (AvgIpc) is 3.08. The third kappa shape index (κ3) is 2.43. The number of aromatic nitrogens is 1. The van der Waals surface area contributed by atoms with Gasteiger partial charge in [-0.2, -0.15) is 0 Å². The Morgan fingerprint density at radius 1 is 1.39 bits per heavy atom. The molecule has 23 heavy (non-hydrogen) atoms. The molecule has 0 unspecified atom stereocenters. The molecule has 1 saturated heterocycles. The number of rotatable bonds is 3.